The molecule has 0 fully saturated rings. The molecule has 0 aliphatic rings. The molecule has 1 aromatic carbocycles. The third-order valence-electron chi connectivity index (χ3n) is 2.87. The minimum absolute atomic E-state index is 0. The predicted molar refractivity (Wildman–Crippen MR) is 74.5 cm³/mol. The van der Waals surface area contributed by atoms with Gasteiger partial charge in [-0.15, -0.1) is 12.4 Å². The first-order valence-corrected chi connectivity index (χ1v) is 5.65. The molecule has 0 amide bonds. The lowest BCUT2D eigenvalue weighted by atomic mass is 10.3. The Morgan fingerprint density at radius 2 is 1.94 bits per heavy atom. The molecule has 0 saturated heterocycles. The summed E-state index contributed by atoms with van der Waals surface area (Å²) in [6.07, 6.45) is 2.42. The van der Waals surface area contributed by atoms with Crippen LogP contribution in [0.2, 0.25) is 0 Å². The second kappa shape index (κ2) is 5.73. The van der Waals surface area contributed by atoms with E-state index in [2.05, 4.69) is 5.10 Å². The smallest absolute Gasteiger partial charge is 0.350 e. The van der Waals surface area contributed by atoms with Crippen molar-refractivity contribution in [3.8, 4) is 5.69 Å². The molecule has 0 aliphatic heterocycles. The lowest BCUT2D eigenvalue weighted by Gasteiger charge is -2.06. The van der Waals surface area contributed by atoms with Gasteiger partial charge >= 0.3 is 5.69 Å². The summed E-state index contributed by atoms with van der Waals surface area (Å²) in [6.45, 7) is 4.00. The molecule has 0 bridgehead atoms. The summed E-state index contributed by atoms with van der Waals surface area (Å²) in [5.41, 5.74) is 6.94. The fraction of sp³-hybridized carbons (Fsp3) is 0.333. The summed E-state index contributed by atoms with van der Waals surface area (Å²) in [4.78, 5) is 12.1. The van der Waals surface area contributed by atoms with Crippen LogP contribution < -0.4 is 11.4 Å². The van der Waals surface area contributed by atoms with Crippen LogP contribution in [0.5, 0.6) is 0 Å². The second-order valence-corrected chi connectivity index (χ2v) is 4.08. The number of anilines is 1. The van der Waals surface area contributed by atoms with Crippen LogP contribution in [-0.2, 0) is 0 Å². The summed E-state index contributed by atoms with van der Waals surface area (Å²) in [5.74, 6) is 0. The molecule has 1 aromatic heterocycles. The number of halogens is 1. The third kappa shape index (κ3) is 2.56. The minimum Gasteiger partial charge on any atom is -0.399 e. The highest BCUT2D eigenvalue weighted by Crippen LogP contribution is 2.10. The van der Waals surface area contributed by atoms with Crippen LogP contribution in [0.15, 0.2) is 35.4 Å². The zero-order valence-electron chi connectivity index (χ0n) is 10.4. The van der Waals surface area contributed by atoms with E-state index in [1.807, 2.05) is 13.8 Å². The van der Waals surface area contributed by atoms with E-state index in [4.69, 9.17) is 5.73 Å². The summed E-state index contributed by atoms with van der Waals surface area (Å²) in [6, 6.07) is 7.25. The fourth-order valence-electron chi connectivity index (χ4n) is 1.60. The Morgan fingerprint density at radius 3 is 2.50 bits per heavy atom. The molecule has 98 valence electrons. The van der Waals surface area contributed by atoms with Gasteiger partial charge in [-0.25, -0.2) is 14.0 Å². The number of benzene rings is 1. The van der Waals surface area contributed by atoms with Crippen molar-refractivity contribution in [1.29, 1.82) is 0 Å². The van der Waals surface area contributed by atoms with E-state index in [1.54, 1.807) is 30.6 Å². The number of nitrogens with two attached hydrogens (primary N) is 1. The van der Waals surface area contributed by atoms with Crippen LogP contribution in [0, 0.1) is 0 Å². The Balaban J connectivity index is 0.00000162. The van der Waals surface area contributed by atoms with E-state index >= 15 is 0 Å². The van der Waals surface area contributed by atoms with E-state index in [0.717, 1.165) is 12.1 Å². The Morgan fingerprint density at radius 1 is 1.33 bits per heavy atom. The quantitative estimate of drug-likeness (QED) is 0.866. The SMILES string of the molecule is CC[C@@H](C)n1ncn(-c2ccc(N)cc2)c1=O.Cl. The summed E-state index contributed by atoms with van der Waals surface area (Å²) >= 11 is 0. The van der Waals surface area contributed by atoms with Gasteiger partial charge in [0.25, 0.3) is 0 Å². The number of nitrogen functional groups attached to an aromatic ring is 1. The maximum absolute atomic E-state index is 12.1. The van der Waals surface area contributed by atoms with Crippen molar-refractivity contribution in [3.05, 3.63) is 41.1 Å². The van der Waals surface area contributed by atoms with Crippen LogP contribution in [0.4, 0.5) is 5.69 Å². The van der Waals surface area contributed by atoms with Crippen molar-refractivity contribution < 1.29 is 0 Å². The average molecular weight is 269 g/mol. The van der Waals surface area contributed by atoms with Crippen LogP contribution in [-0.4, -0.2) is 14.3 Å². The number of hydrogen-bond donors (Lipinski definition) is 1. The molecule has 6 heteroatoms. The van der Waals surface area contributed by atoms with Gasteiger partial charge in [0.2, 0.25) is 0 Å². The zero-order valence-corrected chi connectivity index (χ0v) is 11.2. The van der Waals surface area contributed by atoms with Gasteiger partial charge in [-0.05, 0) is 37.6 Å². The Labute approximate surface area is 112 Å². The van der Waals surface area contributed by atoms with Gasteiger partial charge < -0.3 is 5.73 Å². The molecule has 0 radical (unpaired) electrons. The number of rotatable bonds is 3. The van der Waals surface area contributed by atoms with Gasteiger partial charge in [-0.2, -0.15) is 5.10 Å². The molecular formula is C12H17ClN4O. The fourth-order valence-corrected chi connectivity index (χ4v) is 1.60. The minimum atomic E-state index is -0.121. The summed E-state index contributed by atoms with van der Waals surface area (Å²) < 4.78 is 3.02. The van der Waals surface area contributed by atoms with E-state index in [9.17, 15) is 4.79 Å². The van der Waals surface area contributed by atoms with Crippen molar-refractivity contribution in [3.63, 3.8) is 0 Å². The Kier molecular flexibility index (Phi) is 4.55. The molecule has 2 aromatic rings. The van der Waals surface area contributed by atoms with E-state index in [1.165, 1.54) is 9.25 Å². The molecule has 2 N–H and O–H groups in total. The maximum Gasteiger partial charge on any atom is 0.350 e. The van der Waals surface area contributed by atoms with Crippen LogP contribution in [0.25, 0.3) is 5.69 Å². The van der Waals surface area contributed by atoms with Gasteiger partial charge in [0, 0.05) is 5.69 Å². The van der Waals surface area contributed by atoms with Crippen molar-refractivity contribution in [2.24, 2.45) is 0 Å². The first-order valence-electron chi connectivity index (χ1n) is 5.65. The van der Waals surface area contributed by atoms with Crippen molar-refractivity contribution in [2.45, 2.75) is 26.3 Å². The van der Waals surface area contributed by atoms with Crippen LogP contribution in [0.1, 0.15) is 26.3 Å². The molecule has 0 unspecified atom stereocenters. The van der Waals surface area contributed by atoms with Crippen molar-refractivity contribution in [2.75, 3.05) is 5.73 Å². The molecule has 18 heavy (non-hydrogen) atoms. The van der Waals surface area contributed by atoms with E-state index in [-0.39, 0.29) is 24.1 Å². The van der Waals surface area contributed by atoms with Gasteiger partial charge in [0.1, 0.15) is 6.33 Å². The highest BCUT2D eigenvalue weighted by molar-refractivity contribution is 5.85. The zero-order chi connectivity index (χ0) is 12.4. The standard InChI is InChI=1S/C12H16N4O.ClH/c1-3-9(2)16-12(17)15(8-14-16)11-6-4-10(13)5-7-11;/h4-9H,3,13H2,1-2H3;1H/t9-;/m1./s1. The second-order valence-electron chi connectivity index (χ2n) is 4.08. The normalized spacial score (nSPS) is 11.9. The lowest BCUT2D eigenvalue weighted by molar-refractivity contribution is 0.460. The number of hydrogen-bond acceptors (Lipinski definition) is 3. The molecule has 0 spiro atoms. The lowest BCUT2D eigenvalue weighted by Crippen LogP contribution is -2.26. The highest BCUT2D eigenvalue weighted by atomic mass is 35.5. The largest absolute Gasteiger partial charge is 0.399 e. The third-order valence-corrected chi connectivity index (χ3v) is 2.87. The van der Waals surface area contributed by atoms with E-state index in [0.29, 0.717) is 5.69 Å². The predicted octanol–water partition coefficient (Wildman–Crippen LogP) is 2.01. The summed E-state index contributed by atoms with van der Waals surface area (Å²) in [5, 5.41) is 4.12. The molecule has 2 rings (SSSR count). The van der Waals surface area contributed by atoms with Gasteiger partial charge in [-0.1, -0.05) is 6.92 Å². The molecule has 5 nitrogen and oxygen atoms in total. The van der Waals surface area contributed by atoms with Gasteiger partial charge in [0.05, 0.1) is 11.7 Å². The van der Waals surface area contributed by atoms with Crippen molar-refractivity contribution in [1.82, 2.24) is 14.3 Å². The summed E-state index contributed by atoms with van der Waals surface area (Å²) in [7, 11) is 0. The topological polar surface area (TPSA) is 65.8 Å². The molecule has 1 atom stereocenters. The number of nitrogens with zero attached hydrogens (tertiary/aromatic N) is 3. The molecule has 0 saturated carbocycles. The number of aromatic nitrogens is 3. The van der Waals surface area contributed by atoms with E-state index < -0.39 is 0 Å². The Hall–Kier alpha value is -1.75. The van der Waals surface area contributed by atoms with Crippen LogP contribution in [0.3, 0.4) is 0 Å². The monoisotopic (exact) mass is 268 g/mol. The highest BCUT2D eigenvalue weighted by Gasteiger charge is 2.10. The van der Waals surface area contributed by atoms with Crippen LogP contribution >= 0.6 is 12.4 Å². The average Bonchev–Trinajstić information content (AvgIpc) is 2.71. The first kappa shape index (κ1) is 14.3. The molecule has 0 aliphatic carbocycles. The van der Waals surface area contributed by atoms with Gasteiger partial charge in [0.15, 0.2) is 0 Å². The molecular weight excluding hydrogens is 252 g/mol. The molecule has 1 heterocycles. The van der Waals surface area contributed by atoms with Gasteiger partial charge in [-0.3, -0.25) is 0 Å². The Bertz CT molecular complexity index is 558. The maximum atomic E-state index is 12.1. The first-order chi connectivity index (χ1) is 8.13. The van der Waals surface area contributed by atoms with Crippen molar-refractivity contribution >= 4 is 18.1 Å².